The van der Waals surface area contributed by atoms with E-state index in [9.17, 15) is 17.6 Å². The molecule has 2 aromatic rings. The van der Waals surface area contributed by atoms with E-state index in [0.29, 0.717) is 37.2 Å². The smallest absolute Gasteiger partial charge is 0.251 e. The van der Waals surface area contributed by atoms with Gasteiger partial charge in [-0.2, -0.15) is 4.31 Å². The zero-order valence-electron chi connectivity index (χ0n) is 15.9. The van der Waals surface area contributed by atoms with Crippen LogP contribution in [-0.4, -0.2) is 38.3 Å². The molecule has 1 heterocycles. The number of carbonyl (C=O) groups excluding carboxylic acids is 1. The van der Waals surface area contributed by atoms with Gasteiger partial charge < -0.3 is 5.32 Å². The molecule has 0 saturated carbocycles. The molecule has 0 aromatic heterocycles. The molecule has 28 heavy (non-hydrogen) atoms. The van der Waals surface area contributed by atoms with Gasteiger partial charge in [-0.05, 0) is 61.6 Å². The van der Waals surface area contributed by atoms with E-state index in [-0.39, 0.29) is 16.6 Å². The van der Waals surface area contributed by atoms with Gasteiger partial charge in [-0.15, -0.1) is 0 Å². The molecule has 0 spiro atoms. The molecule has 0 aliphatic carbocycles. The Labute approximate surface area is 165 Å². The minimum absolute atomic E-state index is 0.187. The molecule has 2 aromatic carbocycles. The molecule has 7 heteroatoms. The number of hydrogen-bond donors (Lipinski definition) is 1. The van der Waals surface area contributed by atoms with Gasteiger partial charge in [0.05, 0.1) is 4.90 Å². The number of sulfonamides is 1. The summed E-state index contributed by atoms with van der Waals surface area (Å²) < 4.78 is 40.7. The zero-order chi connectivity index (χ0) is 20.1. The number of benzene rings is 2. The number of amides is 1. The van der Waals surface area contributed by atoms with E-state index in [1.54, 1.807) is 31.2 Å². The standard InChI is InChI=1S/C21H25FN2O3S/c1-16-8-9-18(15-20(16)28(26,27)24-12-3-2-4-13-24)21(25)23-11-10-17-6-5-7-19(22)14-17/h5-9,14-15H,2-4,10-13H2,1H3,(H,23,25). The summed E-state index contributed by atoms with van der Waals surface area (Å²) in [6, 6.07) is 11.0. The lowest BCUT2D eigenvalue weighted by Gasteiger charge is -2.26. The van der Waals surface area contributed by atoms with Gasteiger partial charge in [-0.1, -0.05) is 24.6 Å². The van der Waals surface area contributed by atoms with Gasteiger partial charge >= 0.3 is 0 Å². The Morgan fingerprint density at radius 3 is 2.57 bits per heavy atom. The summed E-state index contributed by atoms with van der Waals surface area (Å²) >= 11 is 0. The normalized spacial score (nSPS) is 15.4. The molecule has 0 atom stereocenters. The Morgan fingerprint density at radius 1 is 1.11 bits per heavy atom. The quantitative estimate of drug-likeness (QED) is 0.804. The molecule has 1 saturated heterocycles. The lowest BCUT2D eigenvalue weighted by molar-refractivity contribution is 0.0954. The fraction of sp³-hybridized carbons (Fsp3) is 0.381. The van der Waals surface area contributed by atoms with Gasteiger partial charge in [0.15, 0.2) is 0 Å². The summed E-state index contributed by atoms with van der Waals surface area (Å²) in [5.41, 5.74) is 1.72. The highest BCUT2D eigenvalue weighted by Crippen LogP contribution is 2.24. The second-order valence-corrected chi connectivity index (χ2v) is 8.99. The summed E-state index contributed by atoms with van der Waals surface area (Å²) in [6.07, 6.45) is 3.25. The maximum atomic E-state index is 13.2. The van der Waals surface area contributed by atoms with E-state index in [1.165, 1.54) is 22.5 Å². The van der Waals surface area contributed by atoms with E-state index in [4.69, 9.17) is 0 Å². The van der Waals surface area contributed by atoms with E-state index in [2.05, 4.69) is 5.32 Å². The van der Waals surface area contributed by atoms with Crippen molar-refractivity contribution >= 4 is 15.9 Å². The third-order valence-electron chi connectivity index (χ3n) is 4.97. The number of hydrogen-bond acceptors (Lipinski definition) is 3. The van der Waals surface area contributed by atoms with Crippen molar-refractivity contribution < 1.29 is 17.6 Å². The summed E-state index contributed by atoms with van der Waals surface area (Å²) in [6.45, 7) is 3.12. The monoisotopic (exact) mass is 404 g/mol. The summed E-state index contributed by atoms with van der Waals surface area (Å²) in [4.78, 5) is 12.7. The molecular formula is C21H25FN2O3S. The topological polar surface area (TPSA) is 66.5 Å². The highest BCUT2D eigenvalue weighted by molar-refractivity contribution is 7.89. The second kappa shape index (κ2) is 8.84. The summed E-state index contributed by atoms with van der Waals surface area (Å²) in [7, 11) is -3.61. The van der Waals surface area contributed by atoms with Crippen LogP contribution in [0.3, 0.4) is 0 Å². The maximum absolute atomic E-state index is 13.2. The first-order valence-corrected chi connectivity index (χ1v) is 11.0. The van der Waals surface area contributed by atoms with Crippen molar-refractivity contribution in [1.29, 1.82) is 0 Å². The fourth-order valence-electron chi connectivity index (χ4n) is 3.38. The number of piperidine rings is 1. The van der Waals surface area contributed by atoms with Crippen LogP contribution >= 0.6 is 0 Å². The average Bonchev–Trinajstić information content (AvgIpc) is 2.69. The molecule has 3 rings (SSSR count). The highest BCUT2D eigenvalue weighted by Gasteiger charge is 2.28. The maximum Gasteiger partial charge on any atom is 0.251 e. The minimum Gasteiger partial charge on any atom is -0.352 e. The molecule has 0 unspecified atom stereocenters. The third-order valence-corrected chi connectivity index (χ3v) is 7.01. The van der Waals surface area contributed by atoms with Crippen LogP contribution < -0.4 is 5.32 Å². The number of nitrogens with zero attached hydrogens (tertiary/aromatic N) is 1. The predicted molar refractivity (Wildman–Crippen MR) is 106 cm³/mol. The lowest BCUT2D eigenvalue weighted by atomic mass is 10.1. The van der Waals surface area contributed by atoms with Crippen LogP contribution in [0.15, 0.2) is 47.4 Å². The number of halogens is 1. The van der Waals surface area contributed by atoms with Gasteiger partial charge in [-0.3, -0.25) is 4.79 Å². The molecule has 150 valence electrons. The minimum atomic E-state index is -3.61. The molecule has 1 aliphatic heterocycles. The Kier molecular flexibility index (Phi) is 6.46. The number of nitrogens with one attached hydrogen (secondary N) is 1. The molecule has 5 nitrogen and oxygen atoms in total. The Balaban J connectivity index is 1.70. The van der Waals surface area contributed by atoms with Crippen molar-refractivity contribution in [3.05, 3.63) is 65.0 Å². The van der Waals surface area contributed by atoms with Crippen LogP contribution in [0.4, 0.5) is 4.39 Å². The van der Waals surface area contributed by atoms with Crippen molar-refractivity contribution in [1.82, 2.24) is 9.62 Å². The largest absolute Gasteiger partial charge is 0.352 e. The SMILES string of the molecule is Cc1ccc(C(=O)NCCc2cccc(F)c2)cc1S(=O)(=O)N1CCCCC1. The van der Waals surface area contributed by atoms with Gasteiger partial charge in [0, 0.05) is 25.2 Å². The molecule has 0 bridgehead atoms. The first-order valence-electron chi connectivity index (χ1n) is 9.51. The van der Waals surface area contributed by atoms with Crippen molar-refractivity contribution in [3.63, 3.8) is 0 Å². The number of aryl methyl sites for hydroxylation is 1. The molecule has 1 N–H and O–H groups in total. The molecular weight excluding hydrogens is 379 g/mol. The van der Waals surface area contributed by atoms with E-state index >= 15 is 0 Å². The average molecular weight is 405 g/mol. The van der Waals surface area contributed by atoms with Gasteiger partial charge in [0.25, 0.3) is 5.91 Å². The van der Waals surface area contributed by atoms with Crippen LogP contribution in [0.2, 0.25) is 0 Å². The highest BCUT2D eigenvalue weighted by atomic mass is 32.2. The predicted octanol–water partition coefficient (Wildman–Crippen LogP) is 3.28. The first kappa shape index (κ1) is 20.5. The van der Waals surface area contributed by atoms with Crippen LogP contribution in [0.5, 0.6) is 0 Å². The van der Waals surface area contributed by atoms with Gasteiger partial charge in [-0.25, -0.2) is 12.8 Å². The number of carbonyl (C=O) groups is 1. The first-order chi connectivity index (χ1) is 13.4. The third kappa shape index (κ3) is 4.77. The van der Waals surface area contributed by atoms with E-state index < -0.39 is 10.0 Å². The van der Waals surface area contributed by atoms with Gasteiger partial charge in [0.2, 0.25) is 10.0 Å². The molecule has 1 amide bonds. The fourth-order valence-corrected chi connectivity index (χ4v) is 5.15. The Hall–Kier alpha value is -2.25. The van der Waals surface area contributed by atoms with E-state index in [1.807, 2.05) is 0 Å². The molecule has 0 radical (unpaired) electrons. The molecule has 1 fully saturated rings. The Morgan fingerprint density at radius 2 is 1.86 bits per heavy atom. The second-order valence-electron chi connectivity index (χ2n) is 7.08. The van der Waals surface area contributed by atoms with Crippen LogP contribution in [0.1, 0.15) is 40.7 Å². The van der Waals surface area contributed by atoms with E-state index in [0.717, 1.165) is 24.8 Å². The van der Waals surface area contributed by atoms with Crippen LogP contribution in [0.25, 0.3) is 0 Å². The van der Waals surface area contributed by atoms with Crippen molar-refractivity contribution in [3.8, 4) is 0 Å². The van der Waals surface area contributed by atoms with Crippen molar-refractivity contribution in [2.45, 2.75) is 37.5 Å². The summed E-state index contributed by atoms with van der Waals surface area (Å²) in [5.74, 6) is -0.651. The zero-order valence-corrected chi connectivity index (χ0v) is 16.8. The summed E-state index contributed by atoms with van der Waals surface area (Å²) in [5, 5.41) is 2.77. The van der Waals surface area contributed by atoms with Crippen LogP contribution in [-0.2, 0) is 16.4 Å². The van der Waals surface area contributed by atoms with Gasteiger partial charge in [0.1, 0.15) is 5.82 Å². The van der Waals surface area contributed by atoms with Crippen molar-refractivity contribution in [2.75, 3.05) is 19.6 Å². The number of rotatable bonds is 6. The lowest BCUT2D eigenvalue weighted by Crippen LogP contribution is -2.36. The van der Waals surface area contributed by atoms with Crippen LogP contribution in [0, 0.1) is 12.7 Å². The molecule has 1 aliphatic rings. The Bertz CT molecular complexity index is 954. The van der Waals surface area contributed by atoms with Crippen molar-refractivity contribution in [2.24, 2.45) is 0 Å².